The van der Waals surface area contributed by atoms with E-state index < -0.39 is 24.0 Å². The number of carboxylic acids is 1. The van der Waals surface area contributed by atoms with Crippen LogP contribution in [0.15, 0.2) is 30.3 Å². The third-order valence-corrected chi connectivity index (χ3v) is 2.43. The first-order valence-corrected chi connectivity index (χ1v) is 5.56. The number of aliphatic carboxylic acids is 1. The van der Waals surface area contributed by atoms with Gasteiger partial charge in [-0.15, -0.1) is 0 Å². The highest BCUT2D eigenvalue weighted by atomic mass is 16.5. The summed E-state index contributed by atoms with van der Waals surface area (Å²) in [4.78, 5) is 33.1. The van der Waals surface area contributed by atoms with Gasteiger partial charge in [-0.3, -0.25) is 9.59 Å². The highest BCUT2D eigenvalue weighted by molar-refractivity contribution is 5.80. The molecule has 0 saturated carbocycles. The van der Waals surface area contributed by atoms with E-state index in [1.807, 2.05) is 0 Å². The first kappa shape index (κ1) is 13.1. The van der Waals surface area contributed by atoms with Gasteiger partial charge in [-0.2, -0.15) is 0 Å². The SMILES string of the molecule is [2H]N(C(=O)OCc1ccccc1)[C@H]([C]=O)C(C)C(=O)O. The van der Waals surface area contributed by atoms with E-state index >= 15 is 0 Å². The summed E-state index contributed by atoms with van der Waals surface area (Å²) in [5, 5.41) is 8.97. The minimum atomic E-state index is -1.52. The van der Waals surface area contributed by atoms with Crippen molar-refractivity contribution in [2.45, 2.75) is 19.6 Å². The number of carboxylic acid groups (broad SMARTS) is 1. The molecule has 0 aliphatic carbocycles. The number of hydrogen-bond donors (Lipinski definition) is 2. The van der Waals surface area contributed by atoms with Crippen LogP contribution in [0.1, 0.15) is 12.5 Å². The number of hydrogen-bond acceptors (Lipinski definition) is 4. The number of nitrogens with one attached hydrogen (secondary N) is 1. The lowest BCUT2D eigenvalue weighted by Crippen LogP contribution is -2.43. The van der Waals surface area contributed by atoms with Crippen LogP contribution in [-0.4, -0.2) is 29.5 Å². The Labute approximate surface area is 111 Å². The molecule has 0 bridgehead atoms. The van der Waals surface area contributed by atoms with E-state index in [2.05, 4.69) is 0 Å². The van der Waals surface area contributed by atoms with Gasteiger partial charge in [0.1, 0.15) is 12.6 Å². The van der Waals surface area contributed by atoms with Crippen LogP contribution in [0.25, 0.3) is 0 Å². The second kappa shape index (κ2) is 7.15. The smallest absolute Gasteiger partial charge is 0.408 e. The van der Waals surface area contributed by atoms with Crippen molar-refractivity contribution in [3.8, 4) is 0 Å². The first-order valence-electron chi connectivity index (χ1n) is 6.01. The molecule has 6 heteroatoms. The Balaban J connectivity index is 2.61. The van der Waals surface area contributed by atoms with Crippen molar-refractivity contribution in [3.63, 3.8) is 0 Å². The van der Waals surface area contributed by atoms with Crippen LogP contribution < -0.4 is 5.31 Å². The molecule has 1 rings (SSSR count). The topological polar surface area (TPSA) is 92.7 Å². The Morgan fingerprint density at radius 2 is 2.11 bits per heavy atom. The van der Waals surface area contributed by atoms with Gasteiger partial charge in [-0.1, -0.05) is 30.3 Å². The molecule has 0 saturated heterocycles. The van der Waals surface area contributed by atoms with Gasteiger partial charge in [-0.05, 0) is 12.5 Å². The summed E-state index contributed by atoms with van der Waals surface area (Å²) >= 11 is 0. The summed E-state index contributed by atoms with van der Waals surface area (Å²) < 4.78 is 12.3. The van der Waals surface area contributed by atoms with E-state index in [1.54, 1.807) is 30.3 Å². The normalized spacial score (nSPS) is 13.8. The maximum Gasteiger partial charge on any atom is 0.408 e. The predicted molar refractivity (Wildman–Crippen MR) is 66.0 cm³/mol. The van der Waals surface area contributed by atoms with E-state index in [1.165, 1.54) is 13.2 Å². The second-order valence-electron chi connectivity index (χ2n) is 3.86. The van der Waals surface area contributed by atoms with Crippen molar-refractivity contribution in [1.82, 2.24) is 5.31 Å². The minimum Gasteiger partial charge on any atom is -0.481 e. The van der Waals surface area contributed by atoms with Gasteiger partial charge in [0.15, 0.2) is 1.41 Å². The van der Waals surface area contributed by atoms with Gasteiger partial charge in [-0.25, -0.2) is 4.79 Å². The Bertz CT molecular complexity index is 479. The van der Waals surface area contributed by atoms with E-state index in [4.69, 9.17) is 11.3 Å². The van der Waals surface area contributed by atoms with Gasteiger partial charge in [0, 0.05) is 0 Å². The van der Waals surface area contributed by atoms with E-state index in [0.717, 1.165) is 0 Å². The molecule has 2 atom stereocenters. The van der Waals surface area contributed by atoms with Gasteiger partial charge >= 0.3 is 12.1 Å². The van der Waals surface area contributed by atoms with Crippen LogP contribution in [0, 0.1) is 5.92 Å². The fraction of sp³-hybridized carbons (Fsp3) is 0.308. The monoisotopic (exact) mass is 265 g/mol. The van der Waals surface area contributed by atoms with Crippen LogP contribution in [0.3, 0.4) is 0 Å². The van der Waals surface area contributed by atoms with Crippen LogP contribution >= 0.6 is 0 Å². The van der Waals surface area contributed by atoms with Crippen LogP contribution in [0.5, 0.6) is 0 Å². The molecule has 0 fully saturated rings. The molecule has 6 nitrogen and oxygen atoms in total. The number of benzene rings is 1. The average molecular weight is 265 g/mol. The summed E-state index contributed by atoms with van der Waals surface area (Å²) in [5.41, 5.74) is 0.715. The van der Waals surface area contributed by atoms with Crippen molar-refractivity contribution in [2.75, 3.05) is 0 Å². The Morgan fingerprint density at radius 3 is 2.63 bits per heavy atom. The van der Waals surface area contributed by atoms with Gasteiger partial charge in [0.25, 0.3) is 0 Å². The Kier molecular flexibility index (Phi) is 4.92. The molecule has 1 amide bonds. The maximum absolute atomic E-state index is 11.6. The van der Waals surface area contributed by atoms with Crippen LogP contribution in [-0.2, 0) is 20.9 Å². The molecule has 0 aromatic heterocycles. The molecule has 0 spiro atoms. The van der Waals surface area contributed by atoms with Crippen molar-refractivity contribution in [2.24, 2.45) is 5.92 Å². The number of alkyl carbamates (subject to hydrolysis) is 1. The molecule has 0 heterocycles. The fourth-order valence-electron chi connectivity index (χ4n) is 1.25. The number of carbonyl (C=O) groups excluding carboxylic acids is 2. The van der Waals surface area contributed by atoms with Crippen molar-refractivity contribution < 1.29 is 25.6 Å². The zero-order valence-electron chi connectivity index (χ0n) is 11.3. The highest BCUT2D eigenvalue weighted by Gasteiger charge is 2.26. The Hall–Kier alpha value is -2.37. The number of rotatable bonds is 6. The molecule has 19 heavy (non-hydrogen) atoms. The van der Waals surface area contributed by atoms with E-state index in [-0.39, 0.29) is 11.9 Å². The molecule has 0 aliphatic heterocycles. The minimum absolute atomic E-state index is 0.0674. The third-order valence-electron chi connectivity index (χ3n) is 2.43. The first-order chi connectivity index (χ1) is 9.47. The fourth-order valence-corrected chi connectivity index (χ4v) is 1.25. The zero-order chi connectivity index (χ0) is 15.1. The lowest BCUT2D eigenvalue weighted by atomic mass is 10.0. The quantitative estimate of drug-likeness (QED) is 0.803. The molecule has 1 radical (unpaired) electrons. The van der Waals surface area contributed by atoms with Gasteiger partial charge < -0.3 is 15.2 Å². The summed E-state index contributed by atoms with van der Waals surface area (Å²) in [6, 6.07) is 7.26. The largest absolute Gasteiger partial charge is 0.481 e. The molecule has 101 valence electrons. The lowest BCUT2D eigenvalue weighted by molar-refractivity contribution is -0.141. The average Bonchev–Trinajstić information content (AvgIpc) is 2.46. The summed E-state index contributed by atoms with van der Waals surface area (Å²) in [6.45, 7) is 1.14. The molecule has 1 aromatic rings. The van der Waals surface area contributed by atoms with E-state index in [0.29, 0.717) is 5.56 Å². The standard InChI is InChI=1S/C13H14NO5/c1-9(12(16)17)11(7-15)14-13(18)19-8-10-5-3-2-4-6-10/h2-6,9,11H,8H2,1H3,(H,14,18)(H,16,17)/t9?,11-/m1/s1/i/hD. The van der Waals surface area contributed by atoms with Crippen LogP contribution in [0.2, 0.25) is 1.41 Å². The second-order valence-corrected chi connectivity index (χ2v) is 3.86. The number of ether oxygens (including phenoxy) is 1. The van der Waals surface area contributed by atoms with Crippen molar-refractivity contribution in [3.05, 3.63) is 35.9 Å². The maximum atomic E-state index is 11.6. The molecule has 1 aromatic carbocycles. The number of amides is 1. The summed E-state index contributed by atoms with van der Waals surface area (Å²) in [7, 11) is 0. The molecular weight excluding hydrogens is 250 g/mol. The predicted octanol–water partition coefficient (Wildman–Crippen LogP) is 1.11. The third kappa shape index (κ3) is 4.79. The zero-order valence-corrected chi connectivity index (χ0v) is 10.3. The lowest BCUT2D eigenvalue weighted by Gasteiger charge is -2.15. The molecule has 0 aliphatic rings. The van der Waals surface area contributed by atoms with Crippen molar-refractivity contribution in [1.29, 1.82) is 0 Å². The van der Waals surface area contributed by atoms with Crippen molar-refractivity contribution >= 4 is 18.3 Å². The molecular formula is C13H14NO5. The van der Waals surface area contributed by atoms with Gasteiger partial charge in [0.2, 0.25) is 6.29 Å². The van der Waals surface area contributed by atoms with E-state index in [9.17, 15) is 14.4 Å². The Morgan fingerprint density at radius 1 is 1.47 bits per heavy atom. The number of carbonyl (C=O) groups is 2. The van der Waals surface area contributed by atoms with Crippen LogP contribution in [0.4, 0.5) is 4.79 Å². The summed E-state index contributed by atoms with van der Waals surface area (Å²) in [6.07, 6.45) is 0.267. The highest BCUT2D eigenvalue weighted by Crippen LogP contribution is 2.03. The van der Waals surface area contributed by atoms with Gasteiger partial charge in [0.05, 0.1) is 5.92 Å². The molecule has 2 N–H and O–H groups in total. The summed E-state index contributed by atoms with van der Waals surface area (Å²) in [5.74, 6) is -2.54. The molecule has 1 unspecified atom stereocenters.